The summed E-state index contributed by atoms with van der Waals surface area (Å²) in [6.45, 7) is 5.04. The first-order valence-corrected chi connectivity index (χ1v) is 8.85. The predicted octanol–water partition coefficient (Wildman–Crippen LogP) is 1.50. The van der Waals surface area contributed by atoms with Gasteiger partial charge in [-0.2, -0.15) is 5.10 Å². The molecule has 2 aromatic rings. The molecule has 0 unspecified atom stereocenters. The predicted molar refractivity (Wildman–Crippen MR) is 97.4 cm³/mol. The zero-order chi connectivity index (χ0) is 17.6. The maximum atomic E-state index is 9.49. The molecule has 6 heteroatoms. The SMILES string of the molecule is COc1cccc(CN2CCN(Cc3cnn(C)c3)C[C@H]2CCO)c1. The van der Waals surface area contributed by atoms with Crippen molar-refractivity contribution in [2.75, 3.05) is 33.4 Å². The lowest BCUT2D eigenvalue weighted by Gasteiger charge is -2.41. The Hall–Kier alpha value is -1.89. The lowest BCUT2D eigenvalue weighted by molar-refractivity contribution is 0.0499. The summed E-state index contributed by atoms with van der Waals surface area (Å²) in [6.07, 6.45) is 4.81. The van der Waals surface area contributed by atoms with Crippen LogP contribution in [0.15, 0.2) is 36.7 Å². The fourth-order valence-corrected chi connectivity index (χ4v) is 3.55. The third kappa shape index (κ3) is 4.81. The van der Waals surface area contributed by atoms with Crippen molar-refractivity contribution in [2.45, 2.75) is 25.6 Å². The second-order valence-electron chi connectivity index (χ2n) is 6.75. The maximum Gasteiger partial charge on any atom is 0.119 e. The van der Waals surface area contributed by atoms with Gasteiger partial charge in [0.15, 0.2) is 0 Å². The largest absolute Gasteiger partial charge is 0.497 e. The summed E-state index contributed by atoms with van der Waals surface area (Å²) in [5.41, 5.74) is 2.49. The molecule has 1 fully saturated rings. The van der Waals surface area contributed by atoms with Crippen molar-refractivity contribution < 1.29 is 9.84 Å². The molecule has 1 atom stereocenters. The number of piperazine rings is 1. The van der Waals surface area contributed by atoms with E-state index in [9.17, 15) is 5.11 Å². The van der Waals surface area contributed by atoms with E-state index < -0.39 is 0 Å². The van der Waals surface area contributed by atoms with E-state index in [-0.39, 0.29) is 6.61 Å². The van der Waals surface area contributed by atoms with Crippen LogP contribution in [0.2, 0.25) is 0 Å². The number of aliphatic hydroxyl groups is 1. The number of aliphatic hydroxyl groups excluding tert-OH is 1. The minimum Gasteiger partial charge on any atom is -0.497 e. The van der Waals surface area contributed by atoms with Crippen LogP contribution in [-0.4, -0.2) is 64.1 Å². The number of rotatable bonds is 7. The molecule has 1 aliphatic heterocycles. The Kier molecular flexibility index (Phi) is 6.07. The minimum absolute atomic E-state index is 0.222. The van der Waals surface area contributed by atoms with Crippen molar-refractivity contribution in [2.24, 2.45) is 7.05 Å². The molecule has 1 aliphatic rings. The molecule has 0 amide bonds. The van der Waals surface area contributed by atoms with Gasteiger partial charge in [-0.05, 0) is 24.1 Å². The highest BCUT2D eigenvalue weighted by atomic mass is 16.5. The molecule has 1 aromatic carbocycles. The van der Waals surface area contributed by atoms with Crippen LogP contribution in [0.25, 0.3) is 0 Å². The lowest BCUT2D eigenvalue weighted by atomic mass is 10.1. The van der Waals surface area contributed by atoms with Crippen molar-refractivity contribution >= 4 is 0 Å². The third-order valence-electron chi connectivity index (χ3n) is 4.84. The molecule has 25 heavy (non-hydrogen) atoms. The van der Waals surface area contributed by atoms with Gasteiger partial charge in [0.25, 0.3) is 0 Å². The third-order valence-corrected chi connectivity index (χ3v) is 4.84. The van der Waals surface area contributed by atoms with Crippen molar-refractivity contribution in [1.82, 2.24) is 19.6 Å². The van der Waals surface area contributed by atoms with Crippen LogP contribution in [0, 0.1) is 0 Å². The van der Waals surface area contributed by atoms with Crippen LogP contribution >= 0.6 is 0 Å². The van der Waals surface area contributed by atoms with E-state index in [0.717, 1.165) is 44.9 Å². The molecule has 1 N–H and O–H groups in total. The van der Waals surface area contributed by atoms with Gasteiger partial charge in [-0.3, -0.25) is 14.5 Å². The van der Waals surface area contributed by atoms with Gasteiger partial charge >= 0.3 is 0 Å². The minimum atomic E-state index is 0.222. The van der Waals surface area contributed by atoms with E-state index in [1.807, 2.05) is 30.1 Å². The van der Waals surface area contributed by atoms with Crippen LogP contribution in [0.3, 0.4) is 0 Å². The average Bonchev–Trinajstić information content (AvgIpc) is 3.02. The number of hydrogen-bond acceptors (Lipinski definition) is 5. The van der Waals surface area contributed by atoms with Gasteiger partial charge in [-0.15, -0.1) is 0 Å². The van der Waals surface area contributed by atoms with Crippen LogP contribution in [0.5, 0.6) is 5.75 Å². The van der Waals surface area contributed by atoms with Gasteiger partial charge in [-0.25, -0.2) is 0 Å². The van der Waals surface area contributed by atoms with Gasteiger partial charge in [0.2, 0.25) is 0 Å². The summed E-state index contributed by atoms with van der Waals surface area (Å²) >= 11 is 0. The molecular weight excluding hydrogens is 316 g/mol. The highest BCUT2D eigenvalue weighted by molar-refractivity contribution is 5.28. The molecular formula is C19H28N4O2. The summed E-state index contributed by atoms with van der Waals surface area (Å²) < 4.78 is 7.18. The molecule has 1 saturated heterocycles. The molecule has 1 aromatic heterocycles. The molecule has 0 spiro atoms. The standard InChI is InChI=1S/C19H28N4O2/c1-21-12-17(11-20-21)13-22-7-8-23(18(15-22)6-9-24)14-16-4-3-5-19(10-16)25-2/h3-5,10-12,18,24H,6-9,13-15H2,1-2H3/t18-/m1/s1. The number of ether oxygens (including phenoxy) is 1. The Labute approximate surface area is 149 Å². The van der Waals surface area contributed by atoms with Crippen molar-refractivity contribution in [3.8, 4) is 5.75 Å². The zero-order valence-corrected chi connectivity index (χ0v) is 15.1. The number of aryl methyl sites for hydroxylation is 1. The second-order valence-corrected chi connectivity index (χ2v) is 6.75. The molecule has 3 rings (SSSR count). The highest BCUT2D eigenvalue weighted by Crippen LogP contribution is 2.20. The molecule has 0 saturated carbocycles. The summed E-state index contributed by atoms with van der Waals surface area (Å²) in [4.78, 5) is 4.93. The van der Waals surface area contributed by atoms with Crippen LogP contribution in [0.4, 0.5) is 0 Å². The Bertz CT molecular complexity index is 673. The fourth-order valence-electron chi connectivity index (χ4n) is 3.55. The molecule has 136 valence electrons. The van der Waals surface area contributed by atoms with Gasteiger partial charge in [-0.1, -0.05) is 12.1 Å². The van der Waals surface area contributed by atoms with Crippen LogP contribution in [-0.2, 0) is 20.1 Å². The van der Waals surface area contributed by atoms with E-state index in [0.29, 0.717) is 6.04 Å². The summed E-state index contributed by atoms with van der Waals surface area (Å²) in [6, 6.07) is 8.61. The first kappa shape index (κ1) is 17.9. The normalized spacial score (nSPS) is 19.2. The Balaban J connectivity index is 1.62. The monoisotopic (exact) mass is 344 g/mol. The quantitative estimate of drug-likeness (QED) is 0.825. The number of nitrogens with zero attached hydrogens (tertiary/aromatic N) is 4. The van der Waals surface area contributed by atoms with E-state index in [1.54, 1.807) is 7.11 Å². The number of aromatic nitrogens is 2. The van der Waals surface area contributed by atoms with E-state index in [1.165, 1.54) is 11.1 Å². The number of benzene rings is 1. The summed E-state index contributed by atoms with van der Waals surface area (Å²) in [5.74, 6) is 0.895. The van der Waals surface area contributed by atoms with Crippen LogP contribution in [0.1, 0.15) is 17.5 Å². The Morgan fingerprint density at radius 1 is 1.24 bits per heavy atom. The van der Waals surface area contributed by atoms with Crippen LogP contribution < -0.4 is 4.74 Å². The Morgan fingerprint density at radius 2 is 2.12 bits per heavy atom. The topological polar surface area (TPSA) is 53.8 Å². The van der Waals surface area contributed by atoms with Crippen molar-refractivity contribution in [1.29, 1.82) is 0 Å². The highest BCUT2D eigenvalue weighted by Gasteiger charge is 2.26. The summed E-state index contributed by atoms with van der Waals surface area (Å²) in [7, 11) is 3.65. The Morgan fingerprint density at radius 3 is 2.84 bits per heavy atom. The van der Waals surface area contributed by atoms with Crippen molar-refractivity contribution in [3.63, 3.8) is 0 Å². The second kappa shape index (κ2) is 8.47. The maximum absolute atomic E-state index is 9.49. The molecule has 6 nitrogen and oxygen atoms in total. The molecule has 2 heterocycles. The van der Waals surface area contributed by atoms with Gasteiger partial charge < -0.3 is 9.84 Å². The van der Waals surface area contributed by atoms with E-state index in [2.05, 4.69) is 33.2 Å². The first-order chi connectivity index (χ1) is 12.2. The fraction of sp³-hybridized carbons (Fsp3) is 0.526. The molecule has 0 radical (unpaired) electrons. The van der Waals surface area contributed by atoms with E-state index in [4.69, 9.17) is 4.74 Å². The van der Waals surface area contributed by atoms with Gasteiger partial charge in [0.1, 0.15) is 5.75 Å². The first-order valence-electron chi connectivity index (χ1n) is 8.85. The lowest BCUT2D eigenvalue weighted by Crippen LogP contribution is -2.52. The van der Waals surface area contributed by atoms with E-state index >= 15 is 0 Å². The zero-order valence-electron chi connectivity index (χ0n) is 15.1. The molecule has 0 aliphatic carbocycles. The van der Waals surface area contributed by atoms with Gasteiger partial charge in [0, 0.05) is 64.2 Å². The molecule has 0 bridgehead atoms. The average molecular weight is 344 g/mol. The van der Waals surface area contributed by atoms with Crippen molar-refractivity contribution in [3.05, 3.63) is 47.8 Å². The smallest absolute Gasteiger partial charge is 0.119 e. The number of hydrogen-bond donors (Lipinski definition) is 1. The number of methoxy groups -OCH3 is 1. The van der Waals surface area contributed by atoms with Gasteiger partial charge in [0.05, 0.1) is 13.3 Å². The summed E-state index contributed by atoms with van der Waals surface area (Å²) in [5, 5.41) is 13.7.